The van der Waals surface area contributed by atoms with Crippen LogP contribution >= 0.6 is 0 Å². The van der Waals surface area contributed by atoms with E-state index < -0.39 is 5.97 Å². The molecule has 1 aromatic carbocycles. The molecular weight excluding hydrogens is 154 g/mol. The molecule has 1 rings (SSSR count). The number of carboxylic acids is 1. The molecule has 0 saturated carbocycles. The first-order valence-corrected chi connectivity index (χ1v) is 3.36. The first-order chi connectivity index (χ1) is 5.65. The number of hydrogen-bond donors (Lipinski definition) is 1. The fourth-order valence-electron chi connectivity index (χ4n) is 0.914. The van der Waals surface area contributed by atoms with E-state index >= 15 is 0 Å². The van der Waals surface area contributed by atoms with Crippen LogP contribution in [0.4, 0.5) is 5.69 Å². The van der Waals surface area contributed by atoms with Crippen molar-refractivity contribution in [1.82, 2.24) is 0 Å². The van der Waals surface area contributed by atoms with Gasteiger partial charge in [0.1, 0.15) is 0 Å². The van der Waals surface area contributed by atoms with Gasteiger partial charge in [0.2, 0.25) is 0 Å². The number of nitrogens with zero attached hydrogens (tertiary/aromatic N) is 1. The number of carbonyl (C=O) groups is 1. The van der Waals surface area contributed by atoms with Gasteiger partial charge in [-0.25, -0.2) is 9.64 Å². The lowest BCUT2D eigenvalue weighted by atomic mass is 10.1. The van der Waals surface area contributed by atoms with Gasteiger partial charge >= 0.3 is 5.97 Å². The maximum Gasteiger partial charge on any atom is 0.335 e. The highest BCUT2D eigenvalue weighted by atomic mass is 16.4. The molecule has 1 aromatic rings. The third-order valence-electron chi connectivity index (χ3n) is 1.56. The smallest absolute Gasteiger partial charge is 0.335 e. The summed E-state index contributed by atoms with van der Waals surface area (Å²) < 4.78 is 0. The molecule has 0 aliphatic heterocycles. The van der Waals surface area contributed by atoms with E-state index in [1.807, 2.05) is 0 Å². The summed E-state index contributed by atoms with van der Waals surface area (Å²) in [5.74, 6) is -0.963. The Kier molecular flexibility index (Phi) is 2.11. The number of benzene rings is 1. The Labute approximate surface area is 70.1 Å². The molecule has 0 saturated heterocycles. The van der Waals surface area contributed by atoms with E-state index in [1.54, 1.807) is 6.92 Å². The largest absolute Gasteiger partial charge is 0.478 e. The average molecular weight is 161 g/mol. The highest BCUT2D eigenvalue weighted by Gasteiger charge is 2.04. The van der Waals surface area contributed by atoms with Crippen molar-refractivity contribution in [3.8, 4) is 0 Å². The summed E-state index contributed by atoms with van der Waals surface area (Å²) in [4.78, 5) is 13.7. The van der Waals surface area contributed by atoms with Crippen LogP contribution in [0.2, 0.25) is 0 Å². The van der Waals surface area contributed by atoms with Crippen LogP contribution in [0.15, 0.2) is 18.2 Å². The zero-order chi connectivity index (χ0) is 9.14. The fraction of sp³-hybridized carbons (Fsp3) is 0.111. The first kappa shape index (κ1) is 8.28. The molecule has 0 atom stereocenters. The van der Waals surface area contributed by atoms with Crippen LogP contribution in [0, 0.1) is 13.5 Å². The highest BCUT2D eigenvalue weighted by molar-refractivity contribution is 5.88. The minimum Gasteiger partial charge on any atom is -0.478 e. The van der Waals surface area contributed by atoms with Crippen LogP contribution in [-0.2, 0) is 0 Å². The quantitative estimate of drug-likeness (QED) is 0.642. The maximum atomic E-state index is 10.5. The molecule has 60 valence electrons. The van der Waals surface area contributed by atoms with Crippen LogP contribution < -0.4 is 0 Å². The lowest BCUT2D eigenvalue weighted by Gasteiger charge is -1.98. The third-order valence-corrected chi connectivity index (χ3v) is 1.56. The van der Waals surface area contributed by atoms with Gasteiger partial charge < -0.3 is 5.11 Å². The Bertz CT molecular complexity index is 363. The molecular formula is C9H7NO2. The van der Waals surface area contributed by atoms with Crippen molar-refractivity contribution < 1.29 is 9.90 Å². The van der Waals surface area contributed by atoms with E-state index in [0.717, 1.165) is 0 Å². The second-order valence-corrected chi connectivity index (χ2v) is 2.42. The van der Waals surface area contributed by atoms with Gasteiger partial charge in [-0.2, -0.15) is 0 Å². The van der Waals surface area contributed by atoms with Gasteiger partial charge in [0, 0.05) is 0 Å². The Morgan fingerprint density at radius 1 is 1.58 bits per heavy atom. The first-order valence-electron chi connectivity index (χ1n) is 3.36. The van der Waals surface area contributed by atoms with Crippen LogP contribution in [0.5, 0.6) is 0 Å². The molecule has 0 unspecified atom stereocenters. The Balaban J connectivity index is 3.21. The predicted molar refractivity (Wildman–Crippen MR) is 44.4 cm³/mol. The number of carboxylic acid groups (broad SMARTS) is 1. The van der Waals surface area contributed by atoms with Crippen molar-refractivity contribution >= 4 is 11.7 Å². The molecule has 1 N–H and O–H groups in total. The van der Waals surface area contributed by atoms with E-state index in [2.05, 4.69) is 4.85 Å². The molecule has 0 aromatic heterocycles. The van der Waals surface area contributed by atoms with Crippen molar-refractivity contribution in [3.63, 3.8) is 0 Å². The maximum absolute atomic E-state index is 10.5. The number of hydrogen-bond acceptors (Lipinski definition) is 1. The molecule has 0 aliphatic carbocycles. The molecule has 3 nitrogen and oxygen atoms in total. The lowest BCUT2D eigenvalue weighted by Crippen LogP contribution is -1.95. The summed E-state index contributed by atoms with van der Waals surface area (Å²) in [6.45, 7) is 8.46. The van der Waals surface area contributed by atoms with Crippen molar-refractivity contribution in [2.45, 2.75) is 6.92 Å². The van der Waals surface area contributed by atoms with E-state index in [1.165, 1.54) is 18.2 Å². The van der Waals surface area contributed by atoms with Gasteiger partial charge in [0.05, 0.1) is 12.1 Å². The van der Waals surface area contributed by atoms with E-state index in [0.29, 0.717) is 11.3 Å². The van der Waals surface area contributed by atoms with Crippen LogP contribution in [-0.4, -0.2) is 11.1 Å². The predicted octanol–water partition coefficient (Wildman–Crippen LogP) is 2.24. The van der Waals surface area contributed by atoms with Crippen LogP contribution in [0.1, 0.15) is 15.9 Å². The van der Waals surface area contributed by atoms with Crippen molar-refractivity contribution in [1.29, 1.82) is 0 Å². The number of aromatic carboxylic acids is 1. The van der Waals surface area contributed by atoms with E-state index in [4.69, 9.17) is 11.7 Å². The van der Waals surface area contributed by atoms with Crippen LogP contribution in [0.25, 0.3) is 4.85 Å². The highest BCUT2D eigenvalue weighted by Crippen LogP contribution is 2.19. The Morgan fingerprint density at radius 2 is 2.25 bits per heavy atom. The molecule has 0 fully saturated rings. The molecule has 0 heterocycles. The third kappa shape index (κ3) is 1.43. The van der Waals surface area contributed by atoms with Gasteiger partial charge in [0.25, 0.3) is 0 Å². The van der Waals surface area contributed by atoms with Gasteiger partial charge in [-0.05, 0) is 12.5 Å². The lowest BCUT2D eigenvalue weighted by molar-refractivity contribution is 0.0697. The van der Waals surface area contributed by atoms with Gasteiger partial charge in [-0.15, -0.1) is 0 Å². The summed E-state index contributed by atoms with van der Waals surface area (Å²) in [5, 5.41) is 8.60. The second kappa shape index (κ2) is 3.05. The topological polar surface area (TPSA) is 41.7 Å². The van der Waals surface area contributed by atoms with Crippen LogP contribution in [0.3, 0.4) is 0 Å². The van der Waals surface area contributed by atoms with Crippen molar-refractivity contribution in [3.05, 3.63) is 40.7 Å². The van der Waals surface area contributed by atoms with Crippen molar-refractivity contribution in [2.24, 2.45) is 0 Å². The Morgan fingerprint density at radius 3 is 2.67 bits per heavy atom. The average Bonchev–Trinajstić information content (AvgIpc) is 2.04. The molecule has 0 amide bonds. The standard InChI is InChI=1S/C9H7NO2/c1-6-5-7(9(11)12)3-4-8(6)10-2/h3-5H,1H3,(H,11,12). The number of rotatable bonds is 1. The summed E-state index contributed by atoms with van der Waals surface area (Å²) in [6.07, 6.45) is 0. The molecule has 0 bridgehead atoms. The zero-order valence-corrected chi connectivity index (χ0v) is 6.53. The fourth-order valence-corrected chi connectivity index (χ4v) is 0.914. The zero-order valence-electron chi connectivity index (χ0n) is 6.53. The molecule has 12 heavy (non-hydrogen) atoms. The molecule has 0 spiro atoms. The monoisotopic (exact) mass is 161 g/mol. The van der Waals surface area contributed by atoms with E-state index in [9.17, 15) is 4.79 Å². The van der Waals surface area contributed by atoms with E-state index in [-0.39, 0.29) is 5.56 Å². The molecule has 3 heteroatoms. The molecule has 0 aliphatic rings. The summed E-state index contributed by atoms with van der Waals surface area (Å²) >= 11 is 0. The second-order valence-electron chi connectivity index (χ2n) is 2.42. The minimum atomic E-state index is -0.963. The Hall–Kier alpha value is -1.82. The summed E-state index contributed by atoms with van der Waals surface area (Å²) in [6, 6.07) is 4.45. The van der Waals surface area contributed by atoms with Gasteiger partial charge in [-0.3, -0.25) is 0 Å². The molecule has 0 radical (unpaired) electrons. The SMILES string of the molecule is [C-]#[N+]c1ccc(C(=O)O)cc1C. The number of aryl methyl sites for hydroxylation is 1. The normalized spacial score (nSPS) is 9.00. The summed E-state index contributed by atoms with van der Waals surface area (Å²) in [5.41, 5.74) is 1.42. The van der Waals surface area contributed by atoms with Crippen molar-refractivity contribution in [2.75, 3.05) is 0 Å². The minimum absolute atomic E-state index is 0.222. The summed E-state index contributed by atoms with van der Waals surface area (Å²) in [7, 11) is 0. The van der Waals surface area contributed by atoms with Gasteiger partial charge in [-0.1, -0.05) is 18.2 Å². The van der Waals surface area contributed by atoms with Gasteiger partial charge in [0.15, 0.2) is 5.69 Å².